The molecule has 1 aliphatic rings. The number of carbonyl (C=O) groups is 2. The molecular formula is C16H22ClF3N2O4. The maximum Gasteiger partial charge on any atom is 0.394 e. The van der Waals surface area contributed by atoms with Crippen molar-refractivity contribution in [2.75, 3.05) is 13.1 Å². The number of halogens is 4. The smallest absolute Gasteiger partial charge is 0.394 e. The lowest BCUT2D eigenvalue weighted by Crippen LogP contribution is -2.37. The third-order valence-electron chi connectivity index (χ3n) is 3.83. The van der Waals surface area contributed by atoms with Crippen molar-refractivity contribution < 1.29 is 31.9 Å². The molecule has 1 amide bonds. The lowest BCUT2D eigenvalue weighted by Gasteiger charge is -2.25. The maximum atomic E-state index is 13.3. The molecule has 0 aliphatic carbocycles. The molecule has 0 unspecified atom stereocenters. The minimum atomic E-state index is -4.62. The Balaban J connectivity index is 0.00000338. The number of hydrogen-bond donors (Lipinski definition) is 0. The van der Waals surface area contributed by atoms with Crippen molar-refractivity contribution in [3.05, 3.63) is 17.3 Å². The second-order valence-corrected chi connectivity index (χ2v) is 7.15. The fourth-order valence-corrected chi connectivity index (χ4v) is 2.79. The number of likely N-dealkylation sites (tertiary alicyclic amines) is 1. The van der Waals surface area contributed by atoms with E-state index in [1.165, 1.54) is 13.8 Å². The van der Waals surface area contributed by atoms with Gasteiger partial charge in [-0.05, 0) is 27.7 Å². The number of rotatable bonds is 2. The van der Waals surface area contributed by atoms with E-state index in [2.05, 4.69) is 4.98 Å². The number of aromatic nitrogens is 1. The maximum absolute atomic E-state index is 13.3. The van der Waals surface area contributed by atoms with Gasteiger partial charge in [-0.3, -0.25) is 9.59 Å². The van der Waals surface area contributed by atoms with Gasteiger partial charge in [0, 0.05) is 20.0 Å². The zero-order valence-electron chi connectivity index (χ0n) is 15.1. The lowest BCUT2D eigenvalue weighted by molar-refractivity contribution is -0.194. The molecule has 2 heterocycles. The highest BCUT2D eigenvalue weighted by molar-refractivity contribution is 5.93. The van der Waals surface area contributed by atoms with Crippen LogP contribution in [-0.4, -0.2) is 46.6 Å². The Morgan fingerprint density at radius 2 is 1.77 bits per heavy atom. The molecule has 1 aromatic rings. The molecule has 2 rings (SSSR count). The normalized spacial score (nSPS) is 20.7. The van der Waals surface area contributed by atoms with Crippen LogP contribution in [0, 0.1) is 25.7 Å². The second-order valence-electron chi connectivity index (χ2n) is 7.15. The van der Waals surface area contributed by atoms with Gasteiger partial charge in [0.2, 0.25) is 5.76 Å². The highest BCUT2D eigenvalue weighted by Gasteiger charge is 2.54. The summed E-state index contributed by atoms with van der Waals surface area (Å²) >= 11 is 0. The van der Waals surface area contributed by atoms with Gasteiger partial charge in [-0.2, -0.15) is 13.2 Å². The fourth-order valence-electron chi connectivity index (χ4n) is 2.79. The van der Waals surface area contributed by atoms with E-state index < -0.39 is 42.0 Å². The summed E-state index contributed by atoms with van der Waals surface area (Å²) in [5.74, 6) is -4.98. The van der Waals surface area contributed by atoms with Gasteiger partial charge in [-0.25, -0.2) is 4.98 Å². The standard InChI is InChI=1S/C16H21F3N2O4.ClH/c1-8-12(24-9(2)20-8)13(22)21-6-10(11(7-21)16(17,18)19)14(23)25-15(3,4)5;/h10-11H,6-7H2,1-5H3;1H/t10-,11-;/m0./s1. The Morgan fingerprint density at radius 1 is 1.19 bits per heavy atom. The molecule has 6 nitrogen and oxygen atoms in total. The molecule has 1 fully saturated rings. The van der Waals surface area contributed by atoms with Gasteiger partial charge in [-0.15, -0.1) is 12.4 Å². The van der Waals surface area contributed by atoms with E-state index >= 15 is 0 Å². The van der Waals surface area contributed by atoms with Crippen LogP contribution in [0.2, 0.25) is 0 Å². The summed E-state index contributed by atoms with van der Waals surface area (Å²) in [4.78, 5) is 29.6. The molecule has 0 aromatic carbocycles. The fraction of sp³-hybridized carbons (Fsp3) is 0.688. The first-order valence-corrected chi connectivity index (χ1v) is 7.82. The predicted octanol–water partition coefficient (Wildman–Crippen LogP) is 3.31. The van der Waals surface area contributed by atoms with Crippen LogP contribution in [0.5, 0.6) is 0 Å². The van der Waals surface area contributed by atoms with E-state index in [1.807, 2.05) is 0 Å². The molecule has 148 valence electrons. The monoisotopic (exact) mass is 398 g/mol. The number of alkyl halides is 3. The average molecular weight is 399 g/mol. The van der Waals surface area contributed by atoms with Crippen molar-refractivity contribution in [3.8, 4) is 0 Å². The first kappa shape index (κ1) is 22.3. The number of oxazole rings is 1. The summed E-state index contributed by atoms with van der Waals surface area (Å²) in [5.41, 5.74) is -0.615. The largest absolute Gasteiger partial charge is 0.460 e. The summed E-state index contributed by atoms with van der Waals surface area (Å²) in [7, 11) is 0. The van der Waals surface area contributed by atoms with Gasteiger partial charge in [0.1, 0.15) is 5.60 Å². The second kappa shape index (κ2) is 7.46. The van der Waals surface area contributed by atoms with Crippen LogP contribution in [0.1, 0.15) is 42.9 Å². The summed E-state index contributed by atoms with van der Waals surface area (Å²) in [6, 6.07) is 0. The Hall–Kier alpha value is -1.77. The summed E-state index contributed by atoms with van der Waals surface area (Å²) in [5, 5.41) is 0. The van der Waals surface area contributed by atoms with Crippen LogP contribution in [-0.2, 0) is 9.53 Å². The molecule has 26 heavy (non-hydrogen) atoms. The Morgan fingerprint density at radius 3 is 2.19 bits per heavy atom. The van der Waals surface area contributed by atoms with Crippen LogP contribution >= 0.6 is 12.4 Å². The number of aryl methyl sites for hydroxylation is 2. The number of ether oxygens (including phenoxy) is 1. The quantitative estimate of drug-likeness (QED) is 0.715. The van der Waals surface area contributed by atoms with E-state index in [0.29, 0.717) is 5.69 Å². The minimum absolute atomic E-state index is 0. The summed E-state index contributed by atoms with van der Waals surface area (Å²) in [6.45, 7) is 6.80. The molecule has 0 bridgehead atoms. The first-order valence-electron chi connectivity index (χ1n) is 7.82. The van der Waals surface area contributed by atoms with Gasteiger partial charge >= 0.3 is 12.1 Å². The molecule has 0 radical (unpaired) electrons. The average Bonchev–Trinajstić information content (AvgIpc) is 2.99. The summed E-state index contributed by atoms with van der Waals surface area (Å²) in [6.07, 6.45) is -4.62. The molecule has 0 N–H and O–H groups in total. The molecule has 0 spiro atoms. The van der Waals surface area contributed by atoms with Gasteiger partial charge in [-0.1, -0.05) is 0 Å². The number of nitrogens with zero attached hydrogens (tertiary/aromatic N) is 2. The van der Waals surface area contributed by atoms with Crippen molar-refractivity contribution >= 4 is 24.3 Å². The predicted molar refractivity (Wildman–Crippen MR) is 88.0 cm³/mol. The molecule has 10 heteroatoms. The van der Waals surface area contributed by atoms with E-state index in [-0.39, 0.29) is 30.6 Å². The lowest BCUT2D eigenvalue weighted by atomic mass is 9.95. The topological polar surface area (TPSA) is 72.6 Å². The molecular weight excluding hydrogens is 377 g/mol. The van der Waals surface area contributed by atoms with Crippen molar-refractivity contribution in [2.24, 2.45) is 11.8 Å². The van der Waals surface area contributed by atoms with Crippen LogP contribution in [0.4, 0.5) is 13.2 Å². The first-order chi connectivity index (χ1) is 11.3. The van der Waals surface area contributed by atoms with Gasteiger partial charge in [0.05, 0.1) is 17.5 Å². The Bertz CT molecular complexity index is 682. The van der Waals surface area contributed by atoms with E-state index in [9.17, 15) is 22.8 Å². The third-order valence-corrected chi connectivity index (χ3v) is 3.83. The van der Waals surface area contributed by atoms with Gasteiger partial charge in [0.15, 0.2) is 5.89 Å². The highest BCUT2D eigenvalue weighted by atomic mass is 35.5. The number of hydrogen-bond acceptors (Lipinski definition) is 5. The van der Waals surface area contributed by atoms with E-state index in [4.69, 9.17) is 9.15 Å². The van der Waals surface area contributed by atoms with Gasteiger partial charge < -0.3 is 14.1 Å². The summed E-state index contributed by atoms with van der Waals surface area (Å²) < 4.78 is 50.3. The molecule has 1 aliphatic heterocycles. The zero-order chi connectivity index (χ0) is 19.2. The third kappa shape index (κ3) is 4.90. The molecule has 2 atom stereocenters. The number of esters is 1. The van der Waals surface area contributed by atoms with Crippen molar-refractivity contribution in [3.63, 3.8) is 0 Å². The Labute approximate surface area is 155 Å². The molecule has 0 saturated carbocycles. The minimum Gasteiger partial charge on any atom is -0.460 e. The number of carbonyl (C=O) groups excluding carboxylic acids is 2. The van der Waals surface area contributed by atoms with Crippen molar-refractivity contribution in [1.29, 1.82) is 0 Å². The molecule has 1 saturated heterocycles. The van der Waals surface area contributed by atoms with Gasteiger partial charge in [0.25, 0.3) is 5.91 Å². The van der Waals surface area contributed by atoms with E-state index in [0.717, 1.165) is 4.90 Å². The zero-order valence-corrected chi connectivity index (χ0v) is 16.0. The molecule has 1 aromatic heterocycles. The Kier molecular flexibility index (Phi) is 6.39. The number of amides is 1. The van der Waals surface area contributed by atoms with E-state index in [1.54, 1.807) is 20.8 Å². The van der Waals surface area contributed by atoms with Crippen LogP contribution < -0.4 is 0 Å². The van der Waals surface area contributed by atoms with Crippen LogP contribution in [0.3, 0.4) is 0 Å². The SMILES string of the molecule is Cc1nc(C)c(C(=O)N2C[C@H](C(=O)OC(C)(C)C)[C@@H](C(F)(F)F)C2)o1.Cl. The van der Waals surface area contributed by atoms with Crippen molar-refractivity contribution in [2.45, 2.75) is 46.4 Å². The van der Waals surface area contributed by atoms with Crippen LogP contribution in [0.25, 0.3) is 0 Å². The highest BCUT2D eigenvalue weighted by Crippen LogP contribution is 2.39. The van der Waals surface area contributed by atoms with Crippen LogP contribution in [0.15, 0.2) is 4.42 Å². The van der Waals surface area contributed by atoms with Crippen molar-refractivity contribution in [1.82, 2.24) is 9.88 Å².